The standard InChI is InChI=1S/C12H12N2O4S2/c15-19(16)14(20(17)18)13(11-7-3-1-4-8-11)12-9-5-2-6-10-12/h1-10H,(H,15,16)(H,17,18). The molecule has 0 amide bonds. The third kappa shape index (κ3) is 3.30. The van der Waals surface area contributed by atoms with Crippen LogP contribution in [0.25, 0.3) is 0 Å². The van der Waals surface area contributed by atoms with Crippen molar-refractivity contribution in [1.29, 1.82) is 0 Å². The SMILES string of the molecule is O=S(O)N(N(c1ccccc1)c1ccccc1)S(=O)O. The molecule has 2 aromatic carbocycles. The summed E-state index contributed by atoms with van der Waals surface area (Å²) in [6, 6.07) is 17.1. The lowest BCUT2D eigenvalue weighted by molar-refractivity contribution is 0.466. The van der Waals surface area contributed by atoms with Gasteiger partial charge >= 0.3 is 0 Å². The summed E-state index contributed by atoms with van der Waals surface area (Å²) in [6.07, 6.45) is 0. The number of rotatable bonds is 5. The Morgan fingerprint density at radius 1 is 0.700 bits per heavy atom. The Kier molecular flexibility index (Phi) is 4.99. The molecule has 0 heterocycles. The first-order valence-corrected chi connectivity index (χ1v) is 7.66. The minimum atomic E-state index is -2.66. The van der Waals surface area contributed by atoms with Crippen molar-refractivity contribution in [3.05, 3.63) is 60.7 Å². The molecule has 20 heavy (non-hydrogen) atoms. The van der Waals surface area contributed by atoms with E-state index in [1.807, 2.05) is 0 Å². The van der Waals surface area contributed by atoms with Gasteiger partial charge in [-0.1, -0.05) is 36.4 Å². The highest BCUT2D eigenvalue weighted by molar-refractivity contribution is 7.92. The maximum absolute atomic E-state index is 11.4. The minimum Gasteiger partial charge on any atom is -0.292 e. The summed E-state index contributed by atoms with van der Waals surface area (Å²) < 4.78 is 41.8. The van der Waals surface area contributed by atoms with E-state index >= 15 is 0 Å². The van der Waals surface area contributed by atoms with E-state index in [1.54, 1.807) is 60.7 Å². The maximum Gasteiger partial charge on any atom is 0.268 e. The van der Waals surface area contributed by atoms with Crippen molar-refractivity contribution in [2.45, 2.75) is 0 Å². The third-order valence-electron chi connectivity index (χ3n) is 2.43. The topological polar surface area (TPSA) is 81.1 Å². The Bertz CT molecular complexity index is 556. The number of nitrogens with zero attached hydrogens (tertiary/aromatic N) is 2. The van der Waals surface area contributed by atoms with E-state index in [1.165, 1.54) is 5.01 Å². The molecule has 0 aromatic heterocycles. The number of hydrazine groups is 1. The number of para-hydroxylation sites is 2. The van der Waals surface area contributed by atoms with Crippen LogP contribution in [0.5, 0.6) is 0 Å². The van der Waals surface area contributed by atoms with Crippen molar-refractivity contribution < 1.29 is 17.5 Å². The average Bonchev–Trinajstić information content (AvgIpc) is 2.45. The fourth-order valence-corrected chi connectivity index (χ4v) is 2.76. The molecule has 6 nitrogen and oxygen atoms in total. The number of hydrogen-bond donors (Lipinski definition) is 2. The van der Waals surface area contributed by atoms with E-state index in [-0.39, 0.29) is 0 Å². The highest BCUT2D eigenvalue weighted by atomic mass is 32.3. The lowest BCUT2D eigenvalue weighted by atomic mass is 10.2. The van der Waals surface area contributed by atoms with Crippen LogP contribution in [0.2, 0.25) is 0 Å². The zero-order valence-electron chi connectivity index (χ0n) is 10.2. The van der Waals surface area contributed by atoms with E-state index in [9.17, 15) is 17.5 Å². The lowest BCUT2D eigenvalue weighted by Crippen LogP contribution is -2.41. The summed E-state index contributed by atoms with van der Waals surface area (Å²) >= 11 is -5.31. The minimum absolute atomic E-state index is 0.463. The first kappa shape index (κ1) is 14.8. The molecule has 8 heteroatoms. The quantitative estimate of drug-likeness (QED) is 0.654. The molecule has 2 N–H and O–H groups in total. The highest BCUT2D eigenvalue weighted by Gasteiger charge is 2.28. The van der Waals surface area contributed by atoms with Gasteiger partial charge < -0.3 is 0 Å². The largest absolute Gasteiger partial charge is 0.292 e. The van der Waals surface area contributed by atoms with Crippen LogP contribution in [0.1, 0.15) is 0 Å². The summed E-state index contributed by atoms with van der Waals surface area (Å²) in [5.74, 6) is 0. The number of hydrogen-bond acceptors (Lipinski definition) is 3. The summed E-state index contributed by atoms with van der Waals surface area (Å²) in [5.41, 5.74) is 0.979. The van der Waals surface area contributed by atoms with Gasteiger partial charge in [0.25, 0.3) is 22.5 Å². The molecule has 0 aliphatic heterocycles. The van der Waals surface area contributed by atoms with Crippen LogP contribution >= 0.6 is 0 Å². The van der Waals surface area contributed by atoms with Crippen LogP contribution in [0.3, 0.4) is 0 Å². The van der Waals surface area contributed by atoms with Crippen LogP contribution in [-0.4, -0.2) is 21.3 Å². The van der Waals surface area contributed by atoms with Crippen molar-refractivity contribution >= 4 is 33.9 Å². The molecule has 2 unspecified atom stereocenters. The van der Waals surface area contributed by atoms with E-state index < -0.39 is 22.5 Å². The maximum atomic E-state index is 11.4. The molecule has 2 aromatic rings. The van der Waals surface area contributed by atoms with Crippen molar-refractivity contribution in [3.63, 3.8) is 0 Å². The number of benzene rings is 2. The highest BCUT2D eigenvalue weighted by Crippen LogP contribution is 2.28. The second-order valence-electron chi connectivity index (χ2n) is 3.68. The van der Waals surface area contributed by atoms with Gasteiger partial charge in [0.1, 0.15) is 0 Å². The first-order valence-electron chi connectivity index (χ1n) is 5.53. The van der Waals surface area contributed by atoms with Gasteiger partial charge in [-0.05, 0) is 24.3 Å². The average molecular weight is 312 g/mol. The Balaban J connectivity index is 2.55. The van der Waals surface area contributed by atoms with Gasteiger partial charge in [-0.25, -0.2) is 13.4 Å². The predicted molar refractivity (Wildman–Crippen MR) is 78.4 cm³/mol. The fraction of sp³-hybridized carbons (Fsp3) is 0. The monoisotopic (exact) mass is 312 g/mol. The van der Waals surface area contributed by atoms with Gasteiger partial charge in [0.05, 0.1) is 11.4 Å². The van der Waals surface area contributed by atoms with Gasteiger partial charge in [0.15, 0.2) is 0 Å². The van der Waals surface area contributed by atoms with Gasteiger partial charge in [0.2, 0.25) is 0 Å². The Hall–Kier alpha value is -1.58. The Morgan fingerprint density at radius 2 is 1.05 bits per heavy atom. The Morgan fingerprint density at radius 3 is 1.35 bits per heavy atom. The van der Waals surface area contributed by atoms with Gasteiger partial charge in [-0.15, -0.1) is 0 Å². The molecule has 0 aliphatic carbocycles. The molecule has 0 aliphatic rings. The zero-order chi connectivity index (χ0) is 14.5. The predicted octanol–water partition coefficient (Wildman–Crippen LogP) is 2.32. The van der Waals surface area contributed by atoms with Crippen LogP contribution in [-0.2, 0) is 22.5 Å². The molecule has 0 radical (unpaired) electrons. The van der Waals surface area contributed by atoms with Crippen molar-refractivity contribution in [3.8, 4) is 0 Å². The second kappa shape index (κ2) is 6.73. The van der Waals surface area contributed by atoms with Crippen molar-refractivity contribution in [2.24, 2.45) is 0 Å². The van der Waals surface area contributed by atoms with E-state index in [0.29, 0.717) is 15.2 Å². The Labute approximate surface area is 121 Å². The molecule has 0 spiro atoms. The lowest BCUT2D eigenvalue weighted by Gasteiger charge is -2.30. The summed E-state index contributed by atoms with van der Waals surface area (Å²) in [4.78, 5) is 0. The van der Waals surface area contributed by atoms with Gasteiger partial charge in [0, 0.05) is 3.82 Å². The first-order chi connectivity index (χ1) is 9.61. The molecular formula is C12H12N2O4S2. The molecule has 0 saturated heterocycles. The summed E-state index contributed by atoms with van der Waals surface area (Å²) in [6.45, 7) is 0. The van der Waals surface area contributed by atoms with E-state index in [2.05, 4.69) is 0 Å². The molecular weight excluding hydrogens is 300 g/mol. The molecule has 2 atom stereocenters. The molecule has 2 rings (SSSR count). The normalized spacial score (nSPS) is 13.9. The zero-order valence-corrected chi connectivity index (χ0v) is 11.8. The second-order valence-corrected chi connectivity index (χ2v) is 5.53. The fourth-order valence-electron chi connectivity index (χ4n) is 1.67. The van der Waals surface area contributed by atoms with Crippen LogP contribution in [0.4, 0.5) is 11.4 Å². The third-order valence-corrected chi connectivity index (χ3v) is 4.06. The smallest absolute Gasteiger partial charge is 0.268 e. The van der Waals surface area contributed by atoms with Crippen LogP contribution < -0.4 is 5.01 Å². The molecule has 0 saturated carbocycles. The number of anilines is 2. The summed E-state index contributed by atoms with van der Waals surface area (Å²) in [5, 5.41) is 1.21. The van der Waals surface area contributed by atoms with E-state index in [0.717, 1.165) is 0 Å². The molecule has 106 valence electrons. The van der Waals surface area contributed by atoms with Crippen LogP contribution in [0, 0.1) is 0 Å². The van der Waals surface area contributed by atoms with E-state index in [4.69, 9.17) is 0 Å². The summed E-state index contributed by atoms with van der Waals surface area (Å²) in [7, 11) is 0. The van der Waals surface area contributed by atoms with Gasteiger partial charge in [-0.2, -0.15) is 0 Å². The molecule has 0 fully saturated rings. The van der Waals surface area contributed by atoms with Crippen molar-refractivity contribution in [1.82, 2.24) is 3.82 Å². The van der Waals surface area contributed by atoms with Gasteiger partial charge in [-0.3, -0.25) is 9.11 Å². The van der Waals surface area contributed by atoms with Crippen LogP contribution in [0.15, 0.2) is 60.7 Å². The molecule has 0 bridgehead atoms. The van der Waals surface area contributed by atoms with Crippen molar-refractivity contribution in [2.75, 3.05) is 5.01 Å².